The maximum absolute atomic E-state index is 12.2. The Morgan fingerprint density at radius 1 is 1.09 bits per heavy atom. The second-order valence-corrected chi connectivity index (χ2v) is 6.29. The first-order valence-electron chi connectivity index (χ1n) is 8.00. The molecule has 22 heavy (non-hydrogen) atoms. The monoisotopic (exact) mass is 310 g/mol. The van der Waals surface area contributed by atoms with Gasteiger partial charge in [-0.2, -0.15) is 0 Å². The van der Waals surface area contributed by atoms with E-state index in [1.165, 1.54) is 4.90 Å². The Balaban J connectivity index is 1.83. The molecule has 0 aliphatic carbocycles. The number of nitrogens with zero attached hydrogens (tertiary/aromatic N) is 2. The van der Waals surface area contributed by atoms with E-state index in [2.05, 4.69) is 15.5 Å². The Kier molecular flexibility index (Phi) is 5.90. The molecule has 7 heteroatoms. The van der Waals surface area contributed by atoms with Crippen molar-refractivity contribution in [3.8, 4) is 0 Å². The first-order chi connectivity index (χ1) is 10.5. The lowest BCUT2D eigenvalue weighted by Crippen LogP contribution is -2.51. The van der Waals surface area contributed by atoms with Gasteiger partial charge >= 0.3 is 11.8 Å². The molecule has 2 aliphatic heterocycles. The van der Waals surface area contributed by atoms with E-state index in [-0.39, 0.29) is 17.9 Å². The maximum atomic E-state index is 12.2. The number of carbonyl (C=O) groups is 3. The molecule has 0 saturated carbocycles. The molecule has 2 fully saturated rings. The van der Waals surface area contributed by atoms with Crippen LogP contribution in [0.4, 0.5) is 0 Å². The van der Waals surface area contributed by atoms with Crippen molar-refractivity contribution in [2.75, 3.05) is 40.3 Å². The van der Waals surface area contributed by atoms with Gasteiger partial charge in [0.2, 0.25) is 5.91 Å². The molecule has 3 amide bonds. The Morgan fingerprint density at radius 2 is 1.68 bits per heavy atom. The van der Waals surface area contributed by atoms with Crippen LogP contribution in [0.1, 0.15) is 25.7 Å². The summed E-state index contributed by atoms with van der Waals surface area (Å²) in [6.07, 6.45) is 3.12. The number of piperidine rings is 2. The Morgan fingerprint density at radius 3 is 2.27 bits per heavy atom. The highest BCUT2D eigenvalue weighted by molar-refractivity contribution is 6.37. The summed E-state index contributed by atoms with van der Waals surface area (Å²) in [5.74, 6) is -1.91. The zero-order valence-corrected chi connectivity index (χ0v) is 13.4. The predicted octanol–water partition coefficient (Wildman–Crippen LogP) is -0.819. The van der Waals surface area contributed by atoms with Crippen LogP contribution in [0.2, 0.25) is 0 Å². The summed E-state index contributed by atoms with van der Waals surface area (Å²) in [6.45, 7) is 3.38. The number of hydrogen-bond acceptors (Lipinski definition) is 5. The Bertz CT molecular complexity index is 427. The number of rotatable bonds is 2. The van der Waals surface area contributed by atoms with Gasteiger partial charge in [0.25, 0.3) is 0 Å². The van der Waals surface area contributed by atoms with Crippen molar-refractivity contribution in [3.63, 3.8) is 0 Å². The van der Waals surface area contributed by atoms with Crippen molar-refractivity contribution < 1.29 is 14.4 Å². The number of amides is 3. The van der Waals surface area contributed by atoms with Gasteiger partial charge in [-0.1, -0.05) is 0 Å². The van der Waals surface area contributed by atoms with Crippen LogP contribution in [0, 0.1) is 5.92 Å². The van der Waals surface area contributed by atoms with Gasteiger partial charge in [0, 0.05) is 19.0 Å². The van der Waals surface area contributed by atoms with Crippen molar-refractivity contribution >= 4 is 17.7 Å². The van der Waals surface area contributed by atoms with Crippen LogP contribution in [-0.4, -0.2) is 73.8 Å². The van der Waals surface area contributed by atoms with E-state index < -0.39 is 11.8 Å². The molecule has 0 atom stereocenters. The molecule has 0 spiro atoms. The van der Waals surface area contributed by atoms with E-state index in [1.807, 2.05) is 7.05 Å². The molecule has 0 bridgehead atoms. The summed E-state index contributed by atoms with van der Waals surface area (Å²) in [4.78, 5) is 39.9. The lowest BCUT2D eigenvalue weighted by atomic mass is 9.97. The number of likely N-dealkylation sites (N-methyl/N-ethyl adjacent to an activating group) is 1. The second kappa shape index (κ2) is 7.69. The fourth-order valence-corrected chi connectivity index (χ4v) is 3.06. The molecule has 2 saturated heterocycles. The molecule has 7 nitrogen and oxygen atoms in total. The van der Waals surface area contributed by atoms with Crippen LogP contribution < -0.4 is 10.6 Å². The lowest BCUT2D eigenvalue weighted by molar-refractivity contribution is -0.149. The predicted molar refractivity (Wildman–Crippen MR) is 82.0 cm³/mol. The van der Waals surface area contributed by atoms with Crippen molar-refractivity contribution in [1.29, 1.82) is 0 Å². The average Bonchev–Trinajstić information content (AvgIpc) is 2.55. The first kappa shape index (κ1) is 16.9. The summed E-state index contributed by atoms with van der Waals surface area (Å²) in [7, 11) is 3.69. The number of nitrogens with one attached hydrogen (secondary N) is 2. The van der Waals surface area contributed by atoms with Crippen molar-refractivity contribution in [1.82, 2.24) is 20.4 Å². The minimum atomic E-state index is -0.801. The molecular formula is C15H26N4O3. The maximum Gasteiger partial charge on any atom is 0.316 e. The zero-order valence-electron chi connectivity index (χ0n) is 13.4. The van der Waals surface area contributed by atoms with Gasteiger partial charge in [0.15, 0.2) is 0 Å². The second-order valence-electron chi connectivity index (χ2n) is 6.29. The van der Waals surface area contributed by atoms with Gasteiger partial charge in [0.05, 0.1) is 0 Å². The lowest BCUT2D eigenvalue weighted by Gasteiger charge is -2.34. The summed E-state index contributed by atoms with van der Waals surface area (Å²) in [6, 6.07) is 0.0726. The zero-order chi connectivity index (χ0) is 16.1. The van der Waals surface area contributed by atoms with Crippen LogP contribution in [-0.2, 0) is 14.4 Å². The van der Waals surface area contributed by atoms with Crippen molar-refractivity contribution in [2.45, 2.75) is 31.7 Å². The third-order valence-electron chi connectivity index (χ3n) is 4.70. The van der Waals surface area contributed by atoms with Gasteiger partial charge in [-0.25, -0.2) is 0 Å². The minimum Gasteiger partial charge on any atom is -0.334 e. The quantitative estimate of drug-likeness (QED) is 0.652. The van der Waals surface area contributed by atoms with Gasteiger partial charge in [-0.15, -0.1) is 0 Å². The molecule has 0 aromatic heterocycles. The molecule has 2 aliphatic rings. The van der Waals surface area contributed by atoms with E-state index >= 15 is 0 Å². The third-order valence-corrected chi connectivity index (χ3v) is 4.70. The highest BCUT2D eigenvalue weighted by atomic mass is 16.2. The number of imide groups is 1. The van der Waals surface area contributed by atoms with Gasteiger partial charge in [-0.3, -0.25) is 19.7 Å². The fraction of sp³-hybridized carbons (Fsp3) is 0.800. The first-order valence-corrected chi connectivity index (χ1v) is 8.00. The van der Waals surface area contributed by atoms with Gasteiger partial charge in [0.1, 0.15) is 0 Å². The summed E-state index contributed by atoms with van der Waals surface area (Å²) in [5, 5.41) is 5.44. The van der Waals surface area contributed by atoms with E-state index in [0.29, 0.717) is 12.8 Å². The molecular weight excluding hydrogens is 284 g/mol. The van der Waals surface area contributed by atoms with Crippen molar-refractivity contribution in [3.05, 3.63) is 0 Å². The standard InChI is InChI=1S/C15H26N4O3/c1-18-9-5-12(6-10-18)19(2)15(22)14(21)17-13(20)11-3-7-16-8-4-11/h11-12,16H,3-10H2,1-2H3,(H,17,20,21). The molecule has 0 aromatic carbocycles. The Hall–Kier alpha value is -1.47. The molecule has 124 valence electrons. The number of carbonyl (C=O) groups excluding carboxylic acids is 3. The number of hydrogen-bond donors (Lipinski definition) is 2. The smallest absolute Gasteiger partial charge is 0.316 e. The summed E-state index contributed by atoms with van der Waals surface area (Å²) < 4.78 is 0. The summed E-state index contributed by atoms with van der Waals surface area (Å²) in [5.41, 5.74) is 0. The average molecular weight is 310 g/mol. The third kappa shape index (κ3) is 4.27. The van der Waals surface area contributed by atoms with Gasteiger partial charge < -0.3 is 15.1 Å². The van der Waals surface area contributed by atoms with E-state index in [9.17, 15) is 14.4 Å². The van der Waals surface area contributed by atoms with Crippen LogP contribution in [0.5, 0.6) is 0 Å². The molecule has 2 N–H and O–H groups in total. The highest BCUT2D eigenvalue weighted by Crippen LogP contribution is 2.15. The van der Waals surface area contributed by atoms with E-state index in [4.69, 9.17) is 0 Å². The minimum absolute atomic E-state index is 0.0726. The molecule has 0 aromatic rings. The molecule has 2 heterocycles. The SMILES string of the molecule is CN1CCC(N(C)C(=O)C(=O)NC(=O)C2CCNCC2)CC1. The van der Waals surface area contributed by atoms with Crippen LogP contribution in [0.25, 0.3) is 0 Å². The topological polar surface area (TPSA) is 81.8 Å². The number of likely N-dealkylation sites (tertiary alicyclic amines) is 1. The summed E-state index contributed by atoms with van der Waals surface area (Å²) >= 11 is 0. The molecule has 2 rings (SSSR count). The molecule has 0 unspecified atom stereocenters. The largest absolute Gasteiger partial charge is 0.334 e. The normalized spacial score (nSPS) is 21.4. The van der Waals surface area contributed by atoms with Crippen molar-refractivity contribution in [2.24, 2.45) is 5.92 Å². The van der Waals surface area contributed by atoms with Gasteiger partial charge in [-0.05, 0) is 58.9 Å². The van der Waals surface area contributed by atoms with E-state index in [0.717, 1.165) is 39.0 Å². The van der Waals surface area contributed by atoms with Crippen LogP contribution in [0.15, 0.2) is 0 Å². The van der Waals surface area contributed by atoms with Crippen LogP contribution in [0.3, 0.4) is 0 Å². The van der Waals surface area contributed by atoms with Crippen LogP contribution >= 0.6 is 0 Å². The Labute approximate surface area is 131 Å². The fourth-order valence-electron chi connectivity index (χ4n) is 3.06. The highest BCUT2D eigenvalue weighted by Gasteiger charge is 2.30. The molecule has 0 radical (unpaired) electrons. The van der Waals surface area contributed by atoms with E-state index in [1.54, 1.807) is 7.05 Å².